The van der Waals surface area contributed by atoms with Crippen LogP contribution in [0.2, 0.25) is 0 Å². The molecule has 4 N–H and O–H groups in total. The van der Waals surface area contributed by atoms with E-state index in [0.29, 0.717) is 36.4 Å². The molecule has 38 heavy (non-hydrogen) atoms. The molecule has 1 aromatic carbocycles. The van der Waals surface area contributed by atoms with Gasteiger partial charge in [0.25, 0.3) is 0 Å². The Bertz CT molecular complexity index is 1280. The van der Waals surface area contributed by atoms with Crippen molar-refractivity contribution in [3.05, 3.63) is 30.0 Å². The second-order valence-corrected chi connectivity index (χ2v) is 11.0. The van der Waals surface area contributed by atoms with Crippen LogP contribution in [0.3, 0.4) is 0 Å². The van der Waals surface area contributed by atoms with E-state index in [4.69, 9.17) is 20.0 Å². The summed E-state index contributed by atoms with van der Waals surface area (Å²) in [7, 11) is 0. The van der Waals surface area contributed by atoms with Gasteiger partial charge in [-0.25, -0.2) is 4.98 Å². The number of aryl methyl sites for hydroxylation is 1. The molecule has 0 amide bonds. The van der Waals surface area contributed by atoms with Gasteiger partial charge in [-0.15, -0.1) is 0 Å². The fraction of sp³-hybridized carbons (Fsp3) is 0.571. The van der Waals surface area contributed by atoms with Gasteiger partial charge in [-0.2, -0.15) is 15.3 Å². The number of piperidine rings is 1. The van der Waals surface area contributed by atoms with Gasteiger partial charge >= 0.3 is 0 Å². The van der Waals surface area contributed by atoms with Crippen molar-refractivity contribution in [1.82, 2.24) is 25.1 Å². The number of benzene rings is 1. The minimum absolute atomic E-state index is 0.318. The molecule has 0 aliphatic carbocycles. The lowest BCUT2D eigenvalue weighted by molar-refractivity contribution is 0.0699. The number of H-pyrrole nitrogens is 1. The number of aromatic amines is 1. The molecule has 3 aliphatic heterocycles. The van der Waals surface area contributed by atoms with Crippen LogP contribution in [-0.2, 0) is 4.74 Å². The molecule has 5 heterocycles. The van der Waals surface area contributed by atoms with Gasteiger partial charge in [0, 0.05) is 73.7 Å². The summed E-state index contributed by atoms with van der Waals surface area (Å²) in [5.41, 5.74) is 2.95. The van der Waals surface area contributed by atoms with Crippen molar-refractivity contribution < 1.29 is 4.74 Å². The van der Waals surface area contributed by atoms with Crippen LogP contribution in [0.15, 0.2) is 24.3 Å². The molecule has 3 atom stereocenters. The van der Waals surface area contributed by atoms with E-state index in [2.05, 4.69) is 55.3 Å². The summed E-state index contributed by atoms with van der Waals surface area (Å²) in [5, 5.41) is 28.0. The molecular formula is C28H37N9O. The lowest BCUT2D eigenvalue weighted by Gasteiger charge is -2.38. The normalized spacial score (nSPS) is 23.8. The SMILES string of the molecule is Cc1cc(Nc2nc(NC3C[C@H]4CC[C@@H](C3)N4CCC#N)nc3cc(NCC4CCOCC4)ccc23)n[nH]1. The standard InChI is InChI=1S/C28H37N9O/c1-18-13-26(36-35-18)33-27-24-6-3-20(30-17-19-7-11-38-12-8-19)16-25(24)32-28(34-27)31-21-14-22-4-5-23(15-21)37(22)10-2-9-29/h3,6,13,16,19,21-23,30H,2,4-5,7-8,10-12,14-15,17H2,1H3,(H3,31,32,33,34,35,36)/t21?,22-,23+. The molecule has 3 saturated heterocycles. The van der Waals surface area contributed by atoms with Crippen LogP contribution >= 0.6 is 0 Å². The van der Waals surface area contributed by atoms with Gasteiger partial charge in [0.2, 0.25) is 5.95 Å². The van der Waals surface area contributed by atoms with Crippen molar-refractivity contribution >= 4 is 34.2 Å². The molecule has 2 bridgehead atoms. The minimum atomic E-state index is 0.318. The summed E-state index contributed by atoms with van der Waals surface area (Å²) in [4.78, 5) is 12.4. The fourth-order valence-corrected chi connectivity index (χ4v) is 6.33. The average molecular weight is 516 g/mol. The van der Waals surface area contributed by atoms with Gasteiger partial charge in [-0.3, -0.25) is 10.00 Å². The van der Waals surface area contributed by atoms with Gasteiger partial charge in [-0.05, 0) is 69.6 Å². The van der Waals surface area contributed by atoms with Gasteiger partial charge in [0.05, 0.1) is 11.6 Å². The van der Waals surface area contributed by atoms with Crippen molar-refractivity contribution in [2.45, 2.75) is 70.0 Å². The van der Waals surface area contributed by atoms with E-state index in [1.54, 1.807) is 0 Å². The van der Waals surface area contributed by atoms with Gasteiger partial charge in [-0.1, -0.05) is 0 Å². The highest BCUT2D eigenvalue weighted by molar-refractivity contribution is 5.93. The second-order valence-electron chi connectivity index (χ2n) is 11.0. The monoisotopic (exact) mass is 515 g/mol. The molecule has 1 unspecified atom stereocenters. The topological polar surface area (TPSA) is 127 Å². The first-order valence-corrected chi connectivity index (χ1v) is 14.0. The predicted molar refractivity (Wildman–Crippen MR) is 149 cm³/mol. The molecule has 6 rings (SSSR count). The maximum Gasteiger partial charge on any atom is 0.225 e. The third-order valence-electron chi connectivity index (χ3n) is 8.28. The molecule has 10 nitrogen and oxygen atoms in total. The number of anilines is 4. The number of nitrogens with zero attached hydrogens (tertiary/aromatic N) is 5. The van der Waals surface area contributed by atoms with Gasteiger partial charge in [0.15, 0.2) is 5.82 Å². The van der Waals surface area contributed by atoms with Crippen molar-refractivity contribution in [2.75, 3.05) is 42.3 Å². The molecule has 0 spiro atoms. The predicted octanol–water partition coefficient (Wildman–Crippen LogP) is 4.56. The summed E-state index contributed by atoms with van der Waals surface area (Å²) in [6.45, 7) is 5.51. The van der Waals surface area contributed by atoms with E-state index in [-0.39, 0.29) is 0 Å². The van der Waals surface area contributed by atoms with Crippen LogP contribution in [0.5, 0.6) is 0 Å². The number of aromatic nitrogens is 4. The molecule has 0 saturated carbocycles. The van der Waals surface area contributed by atoms with Crippen LogP contribution in [0, 0.1) is 24.2 Å². The van der Waals surface area contributed by atoms with E-state index < -0.39 is 0 Å². The lowest BCUT2D eigenvalue weighted by Crippen LogP contribution is -2.47. The zero-order chi connectivity index (χ0) is 25.9. The van der Waals surface area contributed by atoms with Crippen LogP contribution < -0.4 is 16.0 Å². The Kier molecular flexibility index (Phi) is 7.29. The van der Waals surface area contributed by atoms with Crippen molar-refractivity contribution in [2.24, 2.45) is 5.92 Å². The lowest BCUT2D eigenvalue weighted by atomic mass is 9.97. The summed E-state index contributed by atoms with van der Waals surface area (Å²) < 4.78 is 5.51. The van der Waals surface area contributed by atoms with Crippen LogP contribution in [0.4, 0.5) is 23.3 Å². The zero-order valence-corrected chi connectivity index (χ0v) is 22.0. The summed E-state index contributed by atoms with van der Waals surface area (Å²) >= 11 is 0. The van der Waals surface area contributed by atoms with Crippen molar-refractivity contribution in [3.8, 4) is 6.07 Å². The van der Waals surface area contributed by atoms with E-state index in [0.717, 1.165) is 85.9 Å². The molecular weight excluding hydrogens is 478 g/mol. The number of nitriles is 1. The molecule has 3 fully saturated rings. The third kappa shape index (κ3) is 5.54. The zero-order valence-electron chi connectivity index (χ0n) is 22.0. The molecule has 10 heteroatoms. The Morgan fingerprint density at radius 2 is 1.92 bits per heavy atom. The highest BCUT2D eigenvalue weighted by atomic mass is 16.5. The Morgan fingerprint density at radius 1 is 1.11 bits per heavy atom. The Morgan fingerprint density at radius 3 is 2.66 bits per heavy atom. The number of fused-ring (bicyclic) bond motifs is 3. The quantitative estimate of drug-likeness (QED) is 0.324. The van der Waals surface area contributed by atoms with Gasteiger partial charge in [0.1, 0.15) is 5.82 Å². The molecule has 0 radical (unpaired) electrons. The first kappa shape index (κ1) is 24.9. The summed E-state index contributed by atoms with van der Waals surface area (Å²) in [6.07, 6.45) is 7.33. The first-order valence-electron chi connectivity index (χ1n) is 14.0. The van der Waals surface area contributed by atoms with Crippen molar-refractivity contribution in [3.63, 3.8) is 0 Å². The maximum atomic E-state index is 9.05. The van der Waals surface area contributed by atoms with Crippen LogP contribution in [0.1, 0.15) is 50.6 Å². The van der Waals surface area contributed by atoms with E-state index >= 15 is 0 Å². The van der Waals surface area contributed by atoms with Crippen LogP contribution in [-0.4, -0.2) is 69.5 Å². The number of hydrogen-bond donors (Lipinski definition) is 4. The molecule has 200 valence electrons. The number of nitrogens with one attached hydrogen (secondary N) is 4. The average Bonchev–Trinajstić information content (AvgIpc) is 3.44. The molecule has 3 aromatic rings. The van der Waals surface area contributed by atoms with Crippen molar-refractivity contribution in [1.29, 1.82) is 5.26 Å². The highest BCUT2D eigenvalue weighted by Gasteiger charge is 2.40. The largest absolute Gasteiger partial charge is 0.385 e. The minimum Gasteiger partial charge on any atom is -0.385 e. The third-order valence-corrected chi connectivity index (χ3v) is 8.28. The second kappa shape index (κ2) is 11.1. The first-order chi connectivity index (χ1) is 18.6. The number of hydrogen-bond acceptors (Lipinski definition) is 9. The fourth-order valence-electron chi connectivity index (χ4n) is 6.33. The summed E-state index contributed by atoms with van der Waals surface area (Å²) in [6, 6.07) is 12.0. The Labute approximate surface area is 223 Å². The summed E-state index contributed by atoms with van der Waals surface area (Å²) in [5.74, 6) is 2.76. The van der Waals surface area contributed by atoms with Crippen LogP contribution in [0.25, 0.3) is 10.9 Å². The molecule has 2 aromatic heterocycles. The Balaban J connectivity index is 1.23. The molecule has 3 aliphatic rings. The van der Waals surface area contributed by atoms with E-state index in [1.165, 1.54) is 12.8 Å². The van der Waals surface area contributed by atoms with Gasteiger partial charge < -0.3 is 20.7 Å². The number of ether oxygens (including phenoxy) is 1. The van der Waals surface area contributed by atoms with E-state index in [1.807, 2.05) is 13.0 Å². The Hall–Kier alpha value is -3.42. The smallest absolute Gasteiger partial charge is 0.225 e. The number of rotatable bonds is 9. The highest BCUT2D eigenvalue weighted by Crippen LogP contribution is 2.37. The maximum absolute atomic E-state index is 9.05. The van der Waals surface area contributed by atoms with E-state index in [9.17, 15) is 0 Å².